The topological polar surface area (TPSA) is 49.0 Å². The number of nitrogens with one attached hydrogen (secondary N) is 1. The number of nitrogens with zero attached hydrogens (tertiary/aromatic N) is 2. The molecule has 1 amide bonds. The van der Waals surface area contributed by atoms with E-state index in [0.29, 0.717) is 22.4 Å². The van der Waals surface area contributed by atoms with Crippen LogP contribution in [0.3, 0.4) is 0 Å². The zero-order chi connectivity index (χ0) is 13.1. The van der Waals surface area contributed by atoms with Crippen molar-refractivity contribution in [3.05, 3.63) is 52.3 Å². The minimum absolute atomic E-state index is 0.266. The molecular formula is C12H11BrFN3O. The van der Waals surface area contributed by atoms with Gasteiger partial charge in [-0.25, -0.2) is 9.37 Å². The number of halogens is 2. The predicted octanol–water partition coefficient (Wildman–Crippen LogP) is 2.58. The van der Waals surface area contributed by atoms with Gasteiger partial charge in [-0.2, -0.15) is 0 Å². The molecule has 4 nitrogen and oxygen atoms in total. The second-order valence-corrected chi connectivity index (χ2v) is 4.68. The Kier molecular flexibility index (Phi) is 3.76. The van der Waals surface area contributed by atoms with Crippen molar-refractivity contribution in [1.82, 2.24) is 14.9 Å². The molecule has 1 aromatic heterocycles. The Morgan fingerprint density at radius 2 is 2.33 bits per heavy atom. The summed E-state index contributed by atoms with van der Waals surface area (Å²) in [6.07, 6.45) is 3.30. The number of amides is 1. The minimum atomic E-state index is -0.437. The highest BCUT2D eigenvalue weighted by molar-refractivity contribution is 9.10. The molecule has 2 rings (SSSR count). The van der Waals surface area contributed by atoms with Gasteiger partial charge in [-0.05, 0) is 34.1 Å². The second-order valence-electron chi connectivity index (χ2n) is 3.82. The van der Waals surface area contributed by atoms with Crippen molar-refractivity contribution < 1.29 is 9.18 Å². The molecule has 0 radical (unpaired) electrons. The van der Waals surface area contributed by atoms with Crippen molar-refractivity contribution in [1.29, 1.82) is 0 Å². The van der Waals surface area contributed by atoms with Crippen LogP contribution in [0.1, 0.15) is 16.2 Å². The summed E-state index contributed by atoms with van der Waals surface area (Å²) in [6, 6.07) is 4.03. The Labute approximate surface area is 112 Å². The van der Waals surface area contributed by atoms with E-state index < -0.39 is 5.82 Å². The fourth-order valence-electron chi connectivity index (χ4n) is 1.55. The van der Waals surface area contributed by atoms with E-state index in [9.17, 15) is 9.18 Å². The van der Waals surface area contributed by atoms with Gasteiger partial charge in [0.2, 0.25) is 0 Å². The lowest BCUT2D eigenvalue weighted by Gasteiger charge is -2.16. The molecule has 0 saturated heterocycles. The minimum Gasteiger partial charge on any atom is -0.347 e. The van der Waals surface area contributed by atoms with Crippen molar-refractivity contribution in [3.8, 4) is 0 Å². The van der Waals surface area contributed by atoms with Crippen LogP contribution in [-0.2, 0) is 6.54 Å². The molecule has 0 fully saturated rings. The van der Waals surface area contributed by atoms with E-state index in [-0.39, 0.29) is 5.91 Å². The molecule has 0 unspecified atom stereocenters. The van der Waals surface area contributed by atoms with E-state index in [1.807, 2.05) is 0 Å². The number of imidazole rings is 1. The number of H-pyrrole nitrogens is 1. The van der Waals surface area contributed by atoms with Gasteiger partial charge in [-0.3, -0.25) is 4.79 Å². The summed E-state index contributed by atoms with van der Waals surface area (Å²) in [5.41, 5.74) is 0.295. The molecule has 94 valence electrons. The summed E-state index contributed by atoms with van der Waals surface area (Å²) in [5.74, 6) is -0.0240. The van der Waals surface area contributed by atoms with Gasteiger partial charge in [-0.1, -0.05) is 0 Å². The highest BCUT2D eigenvalue weighted by Crippen LogP contribution is 2.19. The Morgan fingerprint density at radius 3 is 3.00 bits per heavy atom. The van der Waals surface area contributed by atoms with Crippen molar-refractivity contribution >= 4 is 21.8 Å². The molecule has 18 heavy (non-hydrogen) atoms. The van der Waals surface area contributed by atoms with Gasteiger partial charge in [-0.15, -0.1) is 0 Å². The number of benzene rings is 1. The number of rotatable bonds is 3. The third kappa shape index (κ3) is 2.76. The molecule has 0 spiro atoms. The SMILES string of the molecule is CN(Cc1ncc[nH]1)C(=O)c1cc(F)ccc1Br. The fraction of sp³-hybridized carbons (Fsp3) is 0.167. The van der Waals surface area contributed by atoms with Crippen LogP contribution in [0, 0.1) is 5.82 Å². The number of carbonyl (C=O) groups is 1. The van der Waals surface area contributed by atoms with Gasteiger partial charge in [0.05, 0.1) is 12.1 Å². The Hall–Kier alpha value is -1.69. The standard InChI is InChI=1S/C12H11BrFN3O/c1-17(7-11-15-4-5-16-11)12(18)9-6-8(14)2-3-10(9)13/h2-6H,7H2,1H3,(H,15,16). The Balaban J connectivity index is 2.17. The molecule has 0 aliphatic heterocycles. The van der Waals surface area contributed by atoms with Crippen molar-refractivity contribution in [3.63, 3.8) is 0 Å². The molecule has 2 aromatic rings. The third-order valence-corrected chi connectivity index (χ3v) is 3.14. The van der Waals surface area contributed by atoms with Gasteiger partial charge in [0.15, 0.2) is 0 Å². The maximum atomic E-state index is 13.1. The molecule has 0 atom stereocenters. The average Bonchev–Trinajstić information content (AvgIpc) is 2.84. The van der Waals surface area contributed by atoms with E-state index in [0.717, 1.165) is 0 Å². The van der Waals surface area contributed by atoms with Gasteiger partial charge in [0.25, 0.3) is 5.91 Å². The number of aromatic amines is 1. The van der Waals surface area contributed by atoms with Crippen LogP contribution in [-0.4, -0.2) is 27.8 Å². The molecule has 1 heterocycles. The number of aromatic nitrogens is 2. The van der Waals surface area contributed by atoms with Crippen LogP contribution < -0.4 is 0 Å². The average molecular weight is 312 g/mol. The summed E-state index contributed by atoms with van der Waals surface area (Å²) >= 11 is 3.24. The van der Waals surface area contributed by atoms with Crippen LogP contribution >= 0.6 is 15.9 Å². The van der Waals surface area contributed by atoms with Crippen LogP contribution in [0.15, 0.2) is 35.1 Å². The lowest BCUT2D eigenvalue weighted by atomic mass is 10.2. The van der Waals surface area contributed by atoms with E-state index in [4.69, 9.17) is 0 Å². The zero-order valence-corrected chi connectivity index (χ0v) is 11.2. The van der Waals surface area contributed by atoms with Crippen molar-refractivity contribution in [2.45, 2.75) is 6.54 Å². The summed E-state index contributed by atoms with van der Waals surface area (Å²) in [4.78, 5) is 20.5. The number of hydrogen-bond acceptors (Lipinski definition) is 2. The van der Waals surface area contributed by atoms with E-state index in [2.05, 4.69) is 25.9 Å². The molecule has 6 heteroatoms. The number of hydrogen-bond donors (Lipinski definition) is 1. The van der Waals surface area contributed by atoms with E-state index in [1.165, 1.54) is 23.1 Å². The molecule has 0 saturated carbocycles. The largest absolute Gasteiger partial charge is 0.347 e. The molecule has 0 aliphatic carbocycles. The summed E-state index contributed by atoms with van der Waals surface area (Å²) in [5, 5.41) is 0. The third-order valence-electron chi connectivity index (χ3n) is 2.45. The second kappa shape index (κ2) is 5.30. The monoisotopic (exact) mass is 311 g/mol. The highest BCUT2D eigenvalue weighted by atomic mass is 79.9. The first kappa shape index (κ1) is 12.8. The lowest BCUT2D eigenvalue weighted by Crippen LogP contribution is -2.27. The van der Waals surface area contributed by atoms with Gasteiger partial charge >= 0.3 is 0 Å². The molecule has 1 N–H and O–H groups in total. The molecule has 0 aliphatic rings. The molecule has 1 aromatic carbocycles. The quantitative estimate of drug-likeness (QED) is 0.947. The summed E-state index contributed by atoms with van der Waals surface area (Å²) < 4.78 is 13.7. The van der Waals surface area contributed by atoms with E-state index >= 15 is 0 Å². The van der Waals surface area contributed by atoms with Crippen molar-refractivity contribution in [2.75, 3.05) is 7.05 Å². The van der Waals surface area contributed by atoms with Crippen LogP contribution in [0.5, 0.6) is 0 Å². The fourth-order valence-corrected chi connectivity index (χ4v) is 1.96. The smallest absolute Gasteiger partial charge is 0.255 e. The molecule has 0 bridgehead atoms. The first-order chi connectivity index (χ1) is 8.58. The summed E-state index contributed by atoms with van der Waals surface area (Å²) in [6.45, 7) is 0.342. The van der Waals surface area contributed by atoms with Gasteiger partial charge in [0.1, 0.15) is 11.6 Å². The zero-order valence-electron chi connectivity index (χ0n) is 9.65. The Bertz CT molecular complexity index is 556. The first-order valence-electron chi connectivity index (χ1n) is 5.26. The van der Waals surface area contributed by atoms with Crippen LogP contribution in [0.2, 0.25) is 0 Å². The van der Waals surface area contributed by atoms with Crippen molar-refractivity contribution in [2.24, 2.45) is 0 Å². The van der Waals surface area contributed by atoms with Gasteiger partial charge < -0.3 is 9.88 Å². The summed E-state index contributed by atoms with van der Waals surface area (Å²) in [7, 11) is 1.64. The maximum Gasteiger partial charge on any atom is 0.255 e. The maximum absolute atomic E-state index is 13.1. The lowest BCUT2D eigenvalue weighted by molar-refractivity contribution is 0.0780. The van der Waals surface area contributed by atoms with Crippen LogP contribution in [0.4, 0.5) is 4.39 Å². The number of carbonyl (C=O) groups excluding carboxylic acids is 1. The molecular weight excluding hydrogens is 301 g/mol. The first-order valence-corrected chi connectivity index (χ1v) is 6.06. The predicted molar refractivity (Wildman–Crippen MR) is 68.5 cm³/mol. The van der Waals surface area contributed by atoms with Gasteiger partial charge in [0, 0.05) is 23.9 Å². The van der Waals surface area contributed by atoms with E-state index in [1.54, 1.807) is 19.4 Å². The normalized spacial score (nSPS) is 10.4. The Morgan fingerprint density at radius 1 is 1.56 bits per heavy atom. The highest BCUT2D eigenvalue weighted by Gasteiger charge is 2.16. The van der Waals surface area contributed by atoms with Crippen LogP contribution in [0.25, 0.3) is 0 Å².